The molecule has 0 aliphatic rings. The molecule has 15 heavy (non-hydrogen) atoms. The average molecular weight is 203 g/mol. The number of aliphatic imine (C=N–C) groups is 1. The summed E-state index contributed by atoms with van der Waals surface area (Å²) in [5.74, 6) is 1.44. The normalized spacial score (nSPS) is 12.0. The third kappa shape index (κ3) is 2.72. The predicted octanol–water partition coefficient (Wildman–Crippen LogP) is 3.14. The molecule has 0 amide bonds. The van der Waals surface area contributed by atoms with Gasteiger partial charge in [-0.1, -0.05) is 32.9 Å². The zero-order valence-corrected chi connectivity index (χ0v) is 9.78. The molecule has 1 aromatic heterocycles. The Morgan fingerprint density at radius 2 is 2.07 bits per heavy atom. The molecule has 0 radical (unpaired) electrons. The Kier molecular flexibility index (Phi) is 3.35. The van der Waals surface area contributed by atoms with Crippen LogP contribution in [0.5, 0.6) is 0 Å². The van der Waals surface area contributed by atoms with Crippen molar-refractivity contribution in [2.24, 2.45) is 4.99 Å². The van der Waals surface area contributed by atoms with E-state index >= 15 is 0 Å². The Balaban J connectivity index is 3.25. The molecule has 80 valence electrons. The second kappa shape index (κ2) is 4.34. The molecule has 0 atom stereocenters. The van der Waals surface area contributed by atoms with E-state index in [1.165, 1.54) is 0 Å². The quantitative estimate of drug-likeness (QED) is 0.692. The van der Waals surface area contributed by atoms with E-state index in [1.54, 1.807) is 6.20 Å². The van der Waals surface area contributed by atoms with Gasteiger partial charge in [0.05, 0.1) is 0 Å². The SMILES string of the molecule is C=Nc1nc(C(C)(C)C)ncc1/C=C\C. The van der Waals surface area contributed by atoms with E-state index in [4.69, 9.17) is 0 Å². The lowest BCUT2D eigenvalue weighted by Crippen LogP contribution is -2.15. The van der Waals surface area contributed by atoms with Gasteiger partial charge in [-0.3, -0.25) is 0 Å². The Morgan fingerprint density at radius 1 is 1.40 bits per heavy atom. The van der Waals surface area contributed by atoms with Crippen molar-refractivity contribution in [2.45, 2.75) is 33.1 Å². The van der Waals surface area contributed by atoms with Crippen LogP contribution in [0.15, 0.2) is 17.3 Å². The molecule has 0 saturated heterocycles. The van der Waals surface area contributed by atoms with Crippen molar-refractivity contribution in [3.05, 3.63) is 23.7 Å². The summed E-state index contributed by atoms with van der Waals surface area (Å²) in [6.07, 6.45) is 5.65. The fourth-order valence-corrected chi connectivity index (χ4v) is 1.17. The van der Waals surface area contributed by atoms with E-state index in [-0.39, 0.29) is 5.41 Å². The van der Waals surface area contributed by atoms with Crippen LogP contribution in [0.25, 0.3) is 6.08 Å². The molecule has 0 aliphatic carbocycles. The second-order valence-electron chi connectivity index (χ2n) is 4.38. The molecule has 0 unspecified atom stereocenters. The molecule has 0 spiro atoms. The minimum Gasteiger partial charge on any atom is -0.244 e. The molecule has 0 bridgehead atoms. The standard InChI is InChI=1S/C12H17N3/c1-6-7-9-8-14-11(12(2,3)4)15-10(9)13-5/h6-8H,5H2,1-4H3/b7-6-. The molecule has 0 aromatic carbocycles. The number of aromatic nitrogens is 2. The molecular formula is C12H17N3. The predicted molar refractivity (Wildman–Crippen MR) is 64.6 cm³/mol. The van der Waals surface area contributed by atoms with Gasteiger partial charge < -0.3 is 0 Å². The highest BCUT2D eigenvalue weighted by atomic mass is 15.0. The molecule has 1 rings (SSSR count). The van der Waals surface area contributed by atoms with Crippen molar-refractivity contribution in [1.29, 1.82) is 0 Å². The van der Waals surface area contributed by atoms with Gasteiger partial charge in [0.25, 0.3) is 0 Å². The summed E-state index contributed by atoms with van der Waals surface area (Å²) in [5.41, 5.74) is 0.842. The van der Waals surface area contributed by atoms with Crippen LogP contribution in [0.1, 0.15) is 39.1 Å². The number of hydrogen-bond acceptors (Lipinski definition) is 3. The largest absolute Gasteiger partial charge is 0.244 e. The van der Waals surface area contributed by atoms with Crippen LogP contribution in [-0.2, 0) is 5.41 Å². The van der Waals surface area contributed by atoms with E-state index in [9.17, 15) is 0 Å². The van der Waals surface area contributed by atoms with Gasteiger partial charge in [-0.2, -0.15) is 0 Å². The molecule has 1 heterocycles. The van der Waals surface area contributed by atoms with Crippen LogP contribution < -0.4 is 0 Å². The van der Waals surface area contributed by atoms with Crippen LogP contribution in [0.3, 0.4) is 0 Å². The van der Waals surface area contributed by atoms with Crippen LogP contribution in [0.4, 0.5) is 5.82 Å². The maximum absolute atomic E-state index is 4.39. The Bertz CT molecular complexity index is 386. The summed E-state index contributed by atoms with van der Waals surface area (Å²) >= 11 is 0. The monoisotopic (exact) mass is 203 g/mol. The molecule has 0 saturated carbocycles. The highest BCUT2D eigenvalue weighted by Gasteiger charge is 2.18. The number of rotatable bonds is 2. The summed E-state index contributed by atoms with van der Waals surface area (Å²) in [6.45, 7) is 11.7. The first-order chi connectivity index (χ1) is 6.99. The third-order valence-electron chi connectivity index (χ3n) is 1.96. The van der Waals surface area contributed by atoms with Crippen molar-refractivity contribution in [2.75, 3.05) is 0 Å². The zero-order valence-electron chi connectivity index (χ0n) is 9.78. The maximum atomic E-state index is 4.39. The molecule has 0 fully saturated rings. The summed E-state index contributed by atoms with van der Waals surface area (Å²) < 4.78 is 0. The van der Waals surface area contributed by atoms with Crippen LogP contribution in [-0.4, -0.2) is 16.7 Å². The van der Waals surface area contributed by atoms with Crippen LogP contribution in [0, 0.1) is 0 Å². The minimum atomic E-state index is -0.0616. The number of allylic oxidation sites excluding steroid dienone is 1. The lowest BCUT2D eigenvalue weighted by molar-refractivity contribution is 0.545. The van der Waals surface area contributed by atoms with Gasteiger partial charge in [0.15, 0.2) is 5.82 Å². The van der Waals surface area contributed by atoms with E-state index in [2.05, 4.69) is 42.4 Å². The van der Waals surface area contributed by atoms with Gasteiger partial charge in [-0.05, 0) is 13.6 Å². The van der Waals surface area contributed by atoms with Crippen molar-refractivity contribution < 1.29 is 0 Å². The average Bonchev–Trinajstić information content (AvgIpc) is 2.17. The van der Waals surface area contributed by atoms with E-state index < -0.39 is 0 Å². The highest BCUT2D eigenvalue weighted by molar-refractivity contribution is 5.61. The lowest BCUT2D eigenvalue weighted by Gasteiger charge is -2.16. The highest BCUT2D eigenvalue weighted by Crippen LogP contribution is 2.23. The van der Waals surface area contributed by atoms with E-state index in [0.29, 0.717) is 5.82 Å². The first kappa shape index (κ1) is 11.6. The van der Waals surface area contributed by atoms with Crippen molar-refractivity contribution in [3.63, 3.8) is 0 Å². The zero-order chi connectivity index (χ0) is 11.5. The Hall–Kier alpha value is -1.51. The summed E-state index contributed by atoms with van der Waals surface area (Å²) in [4.78, 5) is 12.6. The van der Waals surface area contributed by atoms with Gasteiger partial charge in [0.1, 0.15) is 5.82 Å². The van der Waals surface area contributed by atoms with E-state index in [0.717, 1.165) is 11.4 Å². The van der Waals surface area contributed by atoms with Crippen LogP contribution in [0.2, 0.25) is 0 Å². The fourth-order valence-electron chi connectivity index (χ4n) is 1.17. The van der Waals surface area contributed by atoms with Crippen LogP contribution >= 0.6 is 0 Å². The van der Waals surface area contributed by atoms with Gasteiger partial charge in [-0.25, -0.2) is 15.0 Å². The molecule has 1 aromatic rings. The number of hydrogen-bond donors (Lipinski definition) is 0. The lowest BCUT2D eigenvalue weighted by atomic mass is 9.95. The van der Waals surface area contributed by atoms with Gasteiger partial charge in [0, 0.05) is 17.2 Å². The summed E-state index contributed by atoms with van der Waals surface area (Å²) in [5, 5.41) is 0. The van der Waals surface area contributed by atoms with Gasteiger partial charge >= 0.3 is 0 Å². The minimum absolute atomic E-state index is 0.0616. The third-order valence-corrected chi connectivity index (χ3v) is 1.96. The first-order valence-corrected chi connectivity index (χ1v) is 4.96. The molecular weight excluding hydrogens is 186 g/mol. The van der Waals surface area contributed by atoms with Crippen molar-refractivity contribution >= 4 is 18.6 Å². The van der Waals surface area contributed by atoms with Gasteiger partial charge in [0.2, 0.25) is 0 Å². The Labute approximate surface area is 91.0 Å². The smallest absolute Gasteiger partial charge is 0.162 e. The van der Waals surface area contributed by atoms with E-state index in [1.807, 2.05) is 19.1 Å². The number of nitrogens with zero attached hydrogens (tertiary/aromatic N) is 3. The second-order valence-corrected chi connectivity index (χ2v) is 4.38. The fraction of sp³-hybridized carbons (Fsp3) is 0.417. The topological polar surface area (TPSA) is 38.1 Å². The van der Waals surface area contributed by atoms with Gasteiger partial charge in [-0.15, -0.1) is 0 Å². The maximum Gasteiger partial charge on any atom is 0.162 e. The van der Waals surface area contributed by atoms with Crippen molar-refractivity contribution in [1.82, 2.24) is 9.97 Å². The Morgan fingerprint density at radius 3 is 2.53 bits per heavy atom. The first-order valence-electron chi connectivity index (χ1n) is 4.96. The molecule has 0 aliphatic heterocycles. The molecule has 3 nitrogen and oxygen atoms in total. The summed E-state index contributed by atoms with van der Waals surface area (Å²) in [6, 6.07) is 0. The molecule has 0 N–H and O–H groups in total. The van der Waals surface area contributed by atoms with Crippen molar-refractivity contribution in [3.8, 4) is 0 Å². The molecule has 3 heteroatoms. The summed E-state index contributed by atoms with van der Waals surface area (Å²) in [7, 11) is 0.